The monoisotopic (exact) mass is 277 g/mol. The number of carboxylic acids is 1. The van der Waals surface area contributed by atoms with Crippen LogP contribution in [0.15, 0.2) is 18.2 Å². The van der Waals surface area contributed by atoms with Crippen molar-refractivity contribution in [1.82, 2.24) is 0 Å². The maximum Gasteiger partial charge on any atom is 0.320 e. The van der Waals surface area contributed by atoms with Crippen molar-refractivity contribution in [2.75, 3.05) is 5.75 Å². The quantitative estimate of drug-likeness (QED) is 0.784. The van der Waals surface area contributed by atoms with E-state index in [4.69, 9.17) is 22.4 Å². The molecule has 0 saturated heterocycles. The molecule has 1 aromatic rings. The minimum atomic E-state index is -1.02. The molecule has 0 aromatic heterocycles. The highest BCUT2D eigenvalue weighted by Crippen LogP contribution is 2.24. The molecule has 94 valence electrons. The second kappa shape index (κ2) is 6.83. The van der Waals surface area contributed by atoms with Crippen LogP contribution in [-0.2, 0) is 10.5 Å². The average Bonchev–Trinajstić information content (AvgIpc) is 2.27. The van der Waals surface area contributed by atoms with Gasteiger partial charge in [-0.25, -0.2) is 4.39 Å². The van der Waals surface area contributed by atoms with Gasteiger partial charge in [-0.05, 0) is 24.3 Å². The molecule has 0 aliphatic carbocycles. The van der Waals surface area contributed by atoms with Crippen molar-refractivity contribution in [1.29, 1.82) is 0 Å². The van der Waals surface area contributed by atoms with Gasteiger partial charge in [-0.3, -0.25) is 4.79 Å². The van der Waals surface area contributed by atoms with Crippen molar-refractivity contribution in [3.63, 3.8) is 0 Å². The number of benzene rings is 1. The van der Waals surface area contributed by atoms with Crippen LogP contribution in [-0.4, -0.2) is 22.9 Å². The molecule has 0 fully saturated rings. The van der Waals surface area contributed by atoms with Crippen LogP contribution in [0.3, 0.4) is 0 Å². The largest absolute Gasteiger partial charge is 0.480 e. The fraction of sp³-hybridized carbons (Fsp3) is 0.364. The van der Waals surface area contributed by atoms with Gasteiger partial charge in [0.25, 0.3) is 0 Å². The summed E-state index contributed by atoms with van der Waals surface area (Å²) in [6.45, 7) is 0. The zero-order valence-corrected chi connectivity index (χ0v) is 10.6. The lowest BCUT2D eigenvalue weighted by Crippen LogP contribution is -2.30. The van der Waals surface area contributed by atoms with Crippen molar-refractivity contribution < 1.29 is 14.3 Å². The number of carbonyl (C=O) groups is 1. The summed E-state index contributed by atoms with van der Waals surface area (Å²) in [6.07, 6.45) is 0.353. The summed E-state index contributed by atoms with van der Waals surface area (Å²) in [5.41, 5.74) is 5.79. The zero-order valence-electron chi connectivity index (χ0n) is 9.03. The third kappa shape index (κ3) is 4.53. The molecule has 3 nitrogen and oxygen atoms in total. The van der Waals surface area contributed by atoms with E-state index in [2.05, 4.69) is 0 Å². The molecule has 0 aliphatic rings. The Hall–Kier alpha value is -0.780. The Morgan fingerprint density at radius 1 is 1.59 bits per heavy atom. The maximum absolute atomic E-state index is 13.3. The molecule has 0 aliphatic heterocycles. The number of nitrogens with two attached hydrogens (primary N) is 1. The molecular formula is C11H13ClFNO2S. The molecule has 3 N–H and O–H groups in total. The van der Waals surface area contributed by atoms with Crippen LogP contribution in [0.5, 0.6) is 0 Å². The molecule has 0 heterocycles. The van der Waals surface area contributed by atoms with Crippen molar-refractivity contribution >= 4 is 29.3 Å². The first-order chi connectivity index (χ1) is 8.02. The second-order valence-corrected chi connectivity index (χ2v) is 5.00. The first-order valence-corrected chi connectivity index (χ1v) is 6.54. The van der Waals surface area contributed by atoms with Gasteiger partial charge in [0.15, 0.2) is 0 Å². The molecule has 0 bridgehead atoms. The molecule has 0 spiro atoms. The van der Waals surface area contributed by atoms with E-state index in [1.54, 1.807) is 12.1 Å². The number of hydrogen-bond donors (Lipinski definition) is 2. The average molecular weight is 278 g/mol. The molecule has 1 unspecified atom stereocenters. The third-order valence-corrected chi connectivity index (χ3v) is 3.57. The minimum absolute atomic E-state index is 0.340. The predicted octanol–water partition coefficient (Wildman–Crippen LogP) is 2.51. The summed E-state index contributed by atoms with van der Waals surface area (Å²) in [7, 11) is 0. The Bertz CT molecular complexity index is 383. The molecule has 0 saturated carbocycles. The number of hydrogen-bond acceptors (Lipinski definition) is 3. The van der Waals surface area contributed by atoms with E-state index in [-0.39, 0.29) is 5.82 Å². The number of halogens is 2. The number of rotatable bonds is 6. The standard InChI is InChI=1S/C11H13ClFNO2S/c12-8-2-1-3-9(13)7(8)6-17-5-4-10(14)11(15)16/h1-3,10H,4-6,14H2,(H,15,16). The van der Waals surface area contributed by atoms with Crippen LogP contribution in [0.25, 0.3) is 0 Å². The Labute approximate surface area is 108 Å². The Morgan fingerprint density at radius 2 is 2.29 bits per heavy atom. The van der Waals surface area contributed by atoms with Crippen molar-refractivity contribution in [3.8, 4) is 0 Å². The smallest absolute Gasteiger partial charge is 0.320 e. The van der Waals surface area contributed by atoms with E-state index in [1.165, 1.54) is 17.8 Å². The molecule has 17 heavy (non-hydrogen) atoms. The molecule has 1 rings (SSSR count). The fourth-order valence-corrected chi connectivity index (χ4v) is 2.55. The van der Waals surface area contributed by atoms with E-state index in [0.29, 0.717) is 28.5 Å². The van der Waals surface area contributed by atoms with E-state index < -0.39 is 12.0 Å². The van der Waals surface area contributed by atoms with Gasteiger partial charge in [0, 0.05) is 16.3 Å². The second-order valence-electron chi connectivity index (χ2n) is 3.49. The summed E-state index contributed by atoms with van der Waals surface area (Å²) in [5.74, 6) is -0.391. The Kier molecular flexibility index (Phi) is 5.74. The minimum Gasteiger partial charge on any atom is -0.480 e. The highest BCUT2D eigenvalue weighted by molar-refractivity contribution is 7.98. The summed E-state index contributed by atoms with van der Waals surface area (Å²) < 4.78 is 13.3. The van der Waals surface area contributed by atoms with Gasteiger partial charge in [0.2, 0.25) is 0 Å². The van der Waals surface area contributed by atoms with Crippen molar-refractivity contribution in [2.24, 2.45) is 5.73 Å². The normalized spacial score (nSPS) is 12.4. The van der Waals surface area contributed by atoms with E-state index in [9.17, 15) is 9.18 Å². The van der Waals surface area contributed by atoms with Crippen LogP contribution < -0.4 is 5.73 Å². The van der Waals surface area contributed by atoms with Gasteiger partial charge >= 0.3 is 5.97 Å². The fourth-order valence-electron chi connectivity index (χ4n) is 1.18. The molecular weight excluding hydrogens is 265 g/mol. The van der Waals surface area contributed by atoms with Gasteiger partial charge in [0.1, 0.15) is 11.9 Å². The summed E-state index contributed by atoms with van der Waals surface area (Å²) in [6, 6.07) is 3.67. The topological polar surface area (TPSA) is 63.3 Å². The number of thioether (sulfide) groups is 1. The van der Waals surface area contributed by atoms with Crippen molar-refractivity contribution in [2.45, 2.75) is 18.2 Å². The number of aliphatic carboxylic acids is 1. The van der Waals surface area contributed by atoms with E-state index in [1.807, 2.05) is 0 Å². The van der Waals surface area contributed by atoms with Gasteiger partial charge in [0.05, 0.1) is 0 Å². The first-order valence-electron chi connectivity index (χ1n) is 5.01. The SMILES string of the molecule is NC(CCSCc1c(F)cccc1Cl)C(=O)O. The van der Waals surface area contributed by atoms with Crippen LogP contribution in [0.2, 0.25) is 5.02 Å². The molecule has 0 amide bonds. The number of carboxylic acid groups (broad SMARTS) is 1. The van der Waals surface area contributed by atoms with E-state index in [0.717, 1.165) is 0 Å². The molecule has 6 heteroatoms. The van der Waals surface area contributed by atoms with Crippen LogP contribution in [0.4, 0.5) is 4.39 Å². The lowest BCUT2D eigenvalue weighted by molar-refractivity contribution is -0.138. The maximum atomic E-state index is 13.3. The summed E-state index contributed by atoms with van der Waals surface area (Å²) >= 11 is 7.26. The van der Waals surface area contributed by atoms with Gasteiger partial charge in [-0.15, -0.1) is 0 Å². The van der Waals surface area contributed by atoms with Gasteiger partial charge < -0.3 is 10.8 Å². The van der Waals surface area contributed by atoms with Crippen LogP contribution >= 0.6 is 23.4 Å². The summed E-state index contributed by atoms with van der Waals surface area (Å²) in [5, 5.41) is 8.96. The molecule has 1 atom stereocenters. The van der Waals surface area contributed by atoms with Gasteiger partial charge in [-0.2, -0.15) is 11.8 Å². The summed E-state index contributed by atoms with van der Waals surface area (Å²) in [4.78, 5) is 10.5. The first kappa shape index (κ1) is 14.3. The van der Waals surface area contributed by atoms with Gasteiger partial charge in [-0.1, -0.05) is 17.7 Å². The Balaban J connectivity index is 2.39. The van der Waals surface area contributed by atoms with E-state index >= 15 is 0 Å². The predicted molar refractivity (Wildman–Crippen MR) is 67.8 cm³/mol. The Morgan fingerprint density at radius 3 is 2.88 bits per heavy atom. The molecule has 0 radical (unpaired) electrons. The zero-order chi connectivity index (χ0) is 12.8. The van der Waals surface area contributed by atoms with Crippen LogP contribution in [0.1, 0.15) is 12.0 Å². The highest BCUT2D eigenvalue weighted by atomic mass is 35.5. The highest BCUT2D eigenvalue weighted by Gasteiger charge is 2.11. The third-order valence-electron chi connectivity index (χ3n) is 2.20. The van der Waals surface area contributed by atoms with Crippen molar-refractivity contribution in [3.05, 3.63) is 34.6 Å². The molecule has 1 aromatic carbocycles. The lowest BCUT2D eigenvalue weighted by Gasteiger charge is -2.07. The lowest BCUT2D eigenvalue weighted by atomic mass is 10.2. The van der Waals surface area contributed by atoms with Crippen LogP contribution in [0, 0.1) is 5.82 Å².